The van der Waals surface area contributed by atoms with Gasteiger partial charge in [0.2, 0.25) is 0 Å². The first-order chi connectivity index (χ1) is 9.08. The Hall–Kier alpha value is -1.92. The number of aliphatic hydroxyl groups is 1. The van der Waals surface area contributed by atoms with Crippen molar-refractivity contribution in [2.45, 2.75) is 12.5 Å². The molecule has 0 aliphatic carbocycles. The molecule has 0 aromatic heterocycles. The van der Waals surface area contributed by atoms with Gasteiger partial charge in [-0.25, -0.2) is 4.79 Å². The fourth-order valence-electron chi connectivity index (χ4n) is 1.99. The van der Waals surface area contributed by atoms with Crippen LogP contribution in [0.1, 0.15) is 27.6 Å². The smallest absolute Gasteiger partial charge is 0.329 e. The Morgan fingerprint density at radius 1 is 1.47 bits per heavy atom. The number of hydrogen-bond acceptors (Lipinski definition) is 4. The molecule has 1 heterocycles. The number of fused-ring (bicyclic) bond motifs is 1. The molecule has 1 aliphatic heterocycles. The van der Waals surface area contributed by atoms with Crippen molar-refractivity contribution in [2.75, 3.05) is 19.8 Å². The number of aliphatic hydroxyl groups excluding tert-OH is 1. The number of hydrogen-bond donors (Lipinski definition) is 3. The summed E-state index contributed by atoms with van der Waals surface area (Å²) in [5, 5.41) is 21.0. The van der Waals surface area contributed by atoms with Crippen LogP contribution in [0.4, 0.5) is 0 Å². The van der Waals surface area contributed by atoms with Crippen molar-refractivity contribution in [3.05, 3.63) is 34.9 Å². The second kappa shape index (κ2) is 5.81. The predicted molar refractivity (Wildman–Crippen MR) is 65.9 cm³/mol. The van der Waals surface area contributed by atoms with Gasteiger partial charge in [0.1, 0.15) is 12.7 Å². The number of carboxylic acid groups (broad SMARTS) is 1. The minimum absolute atomic E-state index is 0.118. The first kappa shape index (κ1) is 13.5. The third-order valence-electron chi connectivity index (χ3n) is 2.94. The number of carboxylic acids is 1. The summed E-state index contributed by atoms with van der Waals surface area (Å²) in [5.41, 5.74) is 2.05. The second-order valence-electron chi connectivity index (χ2n) is 4.35. The average Bonchev–Trinajstić information content (AvgIpc) is 2.38. The van der Waals surface area contributed by atoms with E-state index < -0.39 is 18.7 Å². The molecule has 0 saturated heterocycles. The molecule has 102 valence electrons. The second-order valence-corrected chi connectivity index (χ2v) is 4.35. The van der Waals surface area contributed by atoms with Crippen molar-refractivity contribution in [1.29, 1.82) is 0 Å². The molecule has 2 rings (SSSR count). The van der Waals surface area contributed by atoms with E-state index in [1.807, 2.05) is 6.07 Å². The highest BCUT2D eigenvalue weighted by molar-refractivity contribution is 5.96. The lowest BCUT2D eigenvalue weighted by Crippen LogP contribution is -2.32. The molecule has 1 amide bonds. The van der Waals surface area contributed by atoms with Crippen LogP contribution in [0.15, 0.2) is 18.2 Å². The third-order valence-corrected chi connectivity index (χ3v) is 2.94. The van der Waals surface area contributed by atoms with E-state index >= 15 is 0 Å². The highest BCUT2D eigenvalue weighted by Gasteiger charge is 2.18. The molecule has 0 saturated carbocycles. The average molecular weight is 265 g/mol. The Morgan fingerprint density at radius 3 is 3.00 bits per heavy atom. The van der Waals surface area contributed by atoms with Crippen LogP contribution >= 0.6 is 0 Å². The quantitative estimate of drug-likeness (QED) is 0.702. The normalized spacial score (nSPS) is 15.5. The SMILES string of the molecule is O=C(O)COCC(O)c1ccc2c(c1)C(=O)NCC2. The van der Waals surface area contributed by atoms with E-state index in [0.29, 0.717) is 17.7 Å². The monoisotopic (exact) mass is 265 g/mol. The van der Waals surface area contributed by atoms with Gasteiger partial charge < -0.3 is 20.3 Å². The number of rotatable bonds is 5. The number of carbonyl (C=O) groups excluding carboxylic acids is 1. The molecule has 1 aromatic carbocycles. The Bertz CT molecular complexity index is 500. The van der Waals surface area contributed by atoms with Gasteiger partial charge in [0.05, 0.1) is 6.61 Å². The zero-order chi connectivity index (χ0) is 13.8. The molecule has 1 aromatic rings. The van der Waals surface area contributed by atoms with Gasteiger partial charge in [0.25, 0.3) is 5.91 Å². The highest BCUT2D eigenvalue weighted by Crippen LogP contribution is 2.20. The van der Waals surface area contributed by atoms with Crippen molar-refractivity contribution in [3.63, 3.8) is 0 Å². The molecular weight excluding hydrogens is 250 g/mol. The number of aliphatic carboxylic acids is 1. The summed E-state index contributed by atoms with van der Waals surface area (Å²) >= 11 is 0. The third kappa shape index (κ3) is 3.30. The minimum Gasteiger partial charge on any atom is -0.480 e. The van der Waals surface area contributed by atoms with E-state index in [2.05, 4.69) is 5.32 Å². The number of nitrogens with one attached hydrogen (secondary N) is 1. The van der Waals surface area contributed by atoms with Crippen molar-refractivity contribution < 1.29 is 24.5 Å². The minimum atomic E-state index is -1.09. The van der Waals surface area contributed by atoms with E-state index in [0.717, 1.165) is 12.0 Å². The van der Waals surface area contributed by atoms with Gasteiger partial charge in [-0.15, -0.1) is 0 Å². The van der Waals surface area contributed by atoms with Crippen molar-refractivity contribution in [3.8, 4) is 0 Å². The predicted octanol–water partition coefficient (Wildman–Crippen LogP) is 0.107. The topological polar surface area (TPSA) is 95.9 Å². The molecule has 19 heavy (non-hydrogen) atoms. The van der Waals surface area contributed by atoms with Crippen molar-refractivity contribution >= 4 is 11.9 Å². The van der Waals surface area contributed by atoms with Gasteiger partial charge in [-0.05, 0) is 23.6 Å². The molecule has 0 bridgehead atoms. The summed E-state index contributed by atoms with van der Waals surface area (Å²) in [4.78, 5) is 22.0. The molecule has 1 aliphatic rings. The van der Waals surface area contributed by atoms with E-state index in [-0.39, 0.29) is 12.5 Å². The molecule has 6 heteroatoms. The molecule has 1 unspecified atom stereocenters. The molecule has 0 spiro atoms. The number of carbonyl (C=O) groups is 2. The van der Waals surface area contributed by atoms with Crippen molar-refractivity contribution in [1.82, 2.24) is 5.32 Å². The summed E-state index contributed by atoms with van der Waals surface area (Å²) in [7, 11) is 0. The van der Waals surface area contributed by atoms with Crippen LogP contribution in [0, 0.1) is 0 Å². The van der Waals surface area contributed by atoms with Crippen LogP contribution in [0.3, 0.4) is 0 Å². The fourth-order valence-corrected chi connectivity index (χ4v) is 1.99. The first-order valence-corrected chi connectivity index (χ1v) is 5.96. The van der Waals surface area contributed by atoms with Gasteiger partial charge >= 0.3 is 5.97 Å². The molecule has 0 radical (unpaired) electrons. The standard InChI is InChI=1S/C13H15NO5/c15-11(6-19-7-12(16)17)9-2-1-8-3-4-14-13(18)10(8)5-9/h1-2,5,11,15H,3-4,6-7H2,(H,14,18)(H,16,17). The van der Waals surface area contributed by atoms with E-state index in [1.54, 1.807) is 12.1 Å². The van der Waals surface area contributed by atoms with Crippen LogP contribution in [0.25, 0.3) is 0 Å². The van der Waals surface area contributed by atoms with Crippen LogP contribution in [0.5, 0.6) is 0 Å². The summed E-state index contributed by atoms with van der Waals surface area (Å²) in [5.74, 6) is -1.24. The Morgan fingerprint density at radius 2 is 2.26 bits per heavy atom. The van der Waals surface area contributed by atoms with Gasteiger partial charge in [-0.3, -0.25) is 4.79 Å². The van der Waals surface area contributed by atoms with Crippen LogP contribution in [-0.4, -0.2) is 41.8 Å². The maximum absolute atomic E-state index is 11.7. The highest BCUT2D eigenvalue weighted by atomic mass is 16.5. The molecule has 3 N–H and O–H groups in total. The number of amides is 1. The summed E-state index contributed by atoms with van der Waals surface area (Å²) in [6, 6.07) is 5.16. The number of ether oxygens (including phenoxy) is 1. The number of benzene rings is 1. The van der Waals surface area contributed by atoms with E-state index in [1.165, 1.54) is 0 Å². The summed E-state index contributed by atoms with van der Waals surface area (Å²) in [6.07, 6.45) is -0.174. The Labute approximate surface area is 110 Å². The van der Waals surface area contributed by atoms with Crippen LogP contribution in [0.2, 0.25) is 0 Å². The summed E-state index contributed by atoms with van der Waals surface area (Å²) in [6.45, 7) is 0.0463. The molecular formula is C13H15NO5. The molecule has 6 nitrogen and oxygen atoms in total. The van der Waals surface area contributed by atoms with Crippen LogP contribution < -0.4 is 5.32 Å². The van der Waals surface area contributed by atoms with Crippen molar-refractivity contribution in [2.24, 2.45) is 0 Å². The zero-order valence-electron chi connectivity index (χ0n) is 10.3. The lowest BCUT2D eigenvalue weighted by molar-refractivity contribution is -0.143. The Balaban J connectivity index is 2.06. The van der Waals surface area contributed by atoms with Gasteiger partial charge in [-0.2, -0.15) is 0 Å². The maximum Gasteiger partial charge on any atom is 0.329 e. The molecule has 0 fully saturated rings. The maximum atomic E-state index is 11.7. The van der Waals surface area contributed by atoms with E-state index in [9.17, 15) is 14.7 Å². The lowest BCUT2D eigenvalue weighted by Gasteiger charge is -2.18. The van der Waals surface area contributed by atoms with Gasteiger partial charge in [-0.1, -0.05) is 12.1 Å². The first-order valence-electron chi connectivity index (χ1n) is 5.96. The zero-order valence-corrected chi connectivity index (χ0v) is 10.3. The van der Waals surface area contributed by atoms with Crippen LogP contribution in [-0.2, 0) is 16.0 Å². The van der Waals surface area contributed by atoms with Gasteiger partial charge in [0.15, 0.2) is 0 Å². The summed E-state index contributed by atoms with van der Waals surface area (Å²) < 4.78 is 4.83. The van der Waals surface area contributed by atoms with E-state index in [4.69, 9.17) is 9.84 Å². The van der Waals surface area contributed by atoms with Gasteiger partial charge in [0, 0.05) is 12.1 Å². The lowest BCUT2D eigenvalue weighted by atomic mass is 9.96. The fraction of sp³-hybridized carbons (Fsp3) is 0.385. The molecule has 1 atom stereocenters. The largest absolute Gasteiger partial charge is 0.480 e. The Kier molecular flexibility index (Phi) is 4.13.